The molecule has 1 unspecified atom stereocenters. The van der Waals surface area contributed by atoms with Gasteiger partial charge in [0.2, 0.25) is 0 Å². The van der Waals surface area contributed by atoms with Crippen LogP contribution < -0.4 is 10.6 Å². The van der Waals surface area contributed by atoms with Crippen molar-refractivity contribution in [2.45, 2.75) is 82.1 Å². The van der Waals surface area contributed by atoms with E-state index >= 15 is 0 Å². The van der Waals surface area contributed by atoms with Gasteiger partial charge in [-0.25, -0.2) is 0 Å². The van der Waals surface area contributed by atoms with E-state index < -0.39 is 0 Å². The lowest BCUT2D eigenvalue weighted by Gasteiger charge is -2.26. The Morgan fingerprint density at radius 1 is 0.850 bits per heavy atom. The largest absolute Gasteiger partial charge is 0.392 e. The summed E-state index contributed by atoms with van der Waals surface area (Å²) in [5, 5.41) is 27.2. The molecule has 118 valence electrons. The lowest BCUT2D eigenvalue weighted by molar-refractivity contribution is 0.101. The van der Waals surface area contributed by atoms with Gasteiger partial charge in [0.15, 0.2) is 0 Å². The lowest BCUT2D eigenvalue weighted by atomic mass is 9.97. The predicted octanol–water partition coefficient (Wildman–Crippen LogP) is 1.41. The second kappa shape index (κ2) is 8.32. The van der Waals surface area contributed by atoms with E-state index in [4.69, 9.17) is 0 Å². The topological polar surface area (TPSA) is 64.5 Å². The van der Waals surface area contributed by atoms with Crippen molar-refractivity contribution in [3.05, 3.63) is 0 Å². The molecule has 0 amide bonds. The molecule has 0 bridgehead atoms. The summed E-state index contributed by atoms with van der Waals surface area (Å²) < 4.78 is 0. The van der Waals surface area contributed by atoms with E-state index in [1.54, 1.807) is 0 Å². The molecule has 2 aliphatic rings. The molecular formula is C16H32N2O2. The number of hydrogen-bond acceptors (Lipinski definition) is 4. The molecule has 4 nitrogen and oxygen atoms in total. The van der Waals surface area contributed by atoms with Crippen LogP contribution in [0.1, 0.15) is 57.8 Å². The van der Waals surface area contributed by atoms with Crippen molar-refractivity contribution in [2.24, 2.45) is 5.92 Å². The molecule has 2 fully saturated rings. The van der Waals surface area contributed by atoms with E-state index in [2.05, 4.69) is 10.6 Å². The van der Waals surface area contributed by atoms with Crippen LogP contribution in [0.3, 0.4) is 0 Å². The SMILES string of the molecule is CN[C@H]1CCCC(CN[C@@H]2CCCCC[C@H]2O)C[C@@H]1O. The zero-order valence-corrected chi connectivity index (χ0v) is 12.9. The first-order valence-electron chi connectivity index (χ1n) is 8.47. The van der Waals surface area contributed by atoms with Gasteiger partial charge in [-0.3, -0.25) is 0 Å². The molecule has 20 heavy (non-hydrogen) atoms. The van der Waals surface area contributed by atoms with Crippen molar-refractivity contribution >= 4 is 0 Å². The fourth-order valence-electron chi connectivity index (χ4n) is 3.81. The highest BCUT2D eigenvalue weighted by molar-refractivity contribution is 4.84. The van der Waals surface area contributed by atoms with Crippen LogP contribution in [-0.2, 0) is 0 Å². The van der Waals surface area contributed by atoms with Gasteiger partial charge in [0, 0.05) is 12.1 Å². The number of likely N-dealkylation sites (N-methyl/N-ethyl adjacent to an activating group) is 1. The smallest absolute Gasteiger partial charge is 0.0696 e. The minimum atomic E-state index is -0.228. The molecule has 0 aromatic rings. The molecule has 0 radical (unpaired) electrons. The third-order valence-corrected chi connectivity index (χ3v) is 5.19. The quantitative estimate of drug-likeness (QED) is 0.589. The van der Waals surface area contributed by atoms with Crippen molar-refractivity contribution < 1.29 is 10.2 Å². The van der Waals surface area contributed by atoms with Gasteiger partial charge >= 0.3 is 0 Å². The molecule has 0 aromatic heterocycles. The van der Waals surface area contributed by atoms with E-state index in [1.807, 2.05) is 7.05 Å². The Balaban J connectivity index is 1.77. The van der Waals surface area contributed by atoms with Crippen LogP contribution in [0.2, 0.25) is 0 Å². The maximum atomic E-state index is 10.2. The number of rotatable bonds is 4. The summed E-state index contributed by atoms with van der Waals surface area (Å²) in [6, 6.07) is 0.515. The van der Waals surface area contributed by atoms with Crippen LogP contribution in [0.4, 0.5) is 0 Å². The van der Waals surface area contributed by atoms with E-state index in [-0.39, 0.29) is 24.3 Å². The Morgan fingerprint density at radius 2 is 1.60 bits per heavy atom. The van der Waals surface area contributed by atoms with Gasteiger partial charge < -0.3 is 20.8 Å². The first-order valence-corrected chi connectivity index (χ1v) is 8.47. The van der Waals surface area contributed by atoms with Gasteiger partial charge in [-0.15, -0.1) is 0 Å². The average Bonchev–Trinajstić information content (AvgIpc) is 2.74. The molecule has 2 saturated carbocycles. The van der Waals surface area contributed by atoms with Crippen molar-refractivity contribution in [3.8, 4) is 0 Å². The Hall–Kier alpha value is -0.160. The standard InChI is InChI=1S/C16H32N2O2/c1-17-13-8-5-6-12(10-16(13)20)11-18-14-7-3-2-4-9-15(14)19/h12-20H,2-11H2,1H3/t12?,13-,14+,15+,16-/m0/s1. The van der Waals surface area contributed by atoms with Crippen molar-refractivity contribution in [1.29, 1.82) is 0 Å². The van der Waals surface area contributed by atoms with Crippen molar-refractivity contribution in [1.82, 2.24) is 10.6 Å². The summed E-state index contributed by atoms with van der Waals surface area (Å²) in [7, 11) is 1.94. The van der Waals surface area contributed by atoms with Gasteiger partial charge in [0.05, 0.1) is 12.2 Å². The van der Waals surface area contributed by atoms with Gasteiger partial charge in [-0.2, -0.15) is 0 Å². The number of aliphatic hydroxyl groups is 2. The number of aliphatic hydroxyl groups excluding tert-OH is 2. The van der Waals surface area contributed by atoms with Crippen molar-refractivity contribution in [3.63, 3.8) is 0 Å². The molecule has 2 aliphatic carbocycles. The van der Waals surface area contributed by atoms with Crippen LogP contribution >= 0.6 is 0 Å². The first-order chi connectivity index (χ1) is 9.70. The summed E-state index contributed by atoms with van der Waals surface area (Å²) >= 11 is 0. The normalized spacial score (nSPS) is 40.0. The molecule has 0 spiro atoms. The highest BCUT2D eigenvalue weighted by Gasteiger charge is 2.27. The molecule has 0 aliphatic heterocycles. The monoisotopic (exact) mass is 284 g/mol. The molecule has 0 heterocycles. The third kappa shape index (κ3) is 4.69. The van der Waals surface area contributed by atoms with Crippen LogP contribution in [0.25, 0.3) is 0 Å². The second-order valence-corrected chi connectivity index (χ2v) is 6.72. The zero-order valence-electron chi connectivity index (χ0n) is 12.9. The van der Waals surface area contributed by atoms with Gasteiger partial charge in [-0.1, -0.05) is 25.7 Å². The van der Waals surface area contributed by atoms with E-state index in [1.165, 1.54) is 25.7 Å². The van der Waals surface area contributed by atoms with Crippen LogP contribution in [0.15, 0.2) is 0 Å². The van der Waals surface area contributed by atoms with E-state index in [0.29, 0.717) is 5.92 Å². The number of nitrogens with one attached hydrogen (secondary N) is 2. The van der Waals surface area contributed by atoms with Crippen LogP contribution in [-0.4, -0.2) is 48.1 Å². The Labute approximate surface area is 123 Å². The molecule has 0 aromatic carbocycles. The number of hydrogen-bond donors (Lipinski definition) is 4. The predicted molar refractivity (Wildman–Crippen MR) is 81.7 cm³/mol. The maximum absolute atomic E-state index is 10.2. The Bertz CT molecular complexity index is 275. The minimum Gasteiger partial charge on any atom is -0.392 e. The molecule has 0 saturated heterocycles. The van der Waals surface area contributed by atoms with E-state index in [9.17, 15) is 10.2 Å². The molecule has 4 N–H and O–H groups in total. The fourth-order valence-corrected chi connectivity index (χ4v) is 3.81. The summed E-state index contributed by atoms with van der Waals surface area (Å²) in [4.78, 5) is 0. The summed E-state index contributed by atoms with van der Waals surface area (Å²) in [6.07, 6.45) is 9.57. The van der Waals surface area contributed by atoms with Crippen LogP contribution in [0.5, 0.6) is 0 Å². The lowest BCUT2D eigenvalue weighted by Crippen LogP contribution is -2.42. The zero-order chi connectivity index (χ0) is 14.4. The Kier molecular flexibility index (Phi) is 6.75. The summed E-state index contributed by atoms with van der Waals surface area (Å²) in [6.45, 7) is 0.940. The fraction of sp³-hybridized carbons (Fsp3) is 1.00. The highest BCUT2D eigenvalue weighted by Crippen LogP contribution is 2.24. The third-order valence-electron chi connectivity index (χ3n) is 5.19. The van der Waals surface area contributed by atoms with E-state index in [0.717, 1.165) is 38.6 Å². The van der Waals surface area contributed by atoms with Gasteiger partial charge in [0.25, 0.3) is 0 Å². The molecule has 5 atom stereocenters. The first kappa shape index (κ1) is 16.2. The molecule has 2 rings (SSSR count). The second-order valence-electron chi connectivity index (χ2n) is 6.72. The average molecular weight is 284 g/mol. The van der Waals surface area contributed by atoms with Crippen LogP contribution in [0, 0.1) is 5.92 Å². The molecular weight excluding hydrogens is 252 g/mol. The maximum Gasteiger partial charge on any atom is 0.0696 e. The van der Waals surface area contributed by atoms with Crippen molar-refractivity contribution in [2.75, 3.05) is 13.6 Å². The summed E-state index contributed by atoms with van der Waals surface area (Å²) in [5.74, 6) is 0.541. The van der Waals surface area contributed by atoms with Gasteiger partial charge in [-0.05, 0) is 51.6 Å². The minimum absolute atomic E-state index is 0.182. The van der Waals surface area contributed by atoms with Gasteiger partial charge in [0.1, 0.15) is 0 Å². The summed E-state index contributed by atoms with van der Waals surface area (Å²) in [5.41, 5.74) is 0. The Morgan fingerprint density at radius 3 is 2.40 bits per heavy atom. The highest BCUT2D eigenvalue weighted by atomic mass is 16.3. The molecule has 4 heteroatoms.